The number of ether oxygens (including phenoxy) is 1. The van der Waals surface area contributed by atoms with Gasteiger partial charge in [0.1, 0.15) is 0 Å². The maximum absolute atomic E-state index is 13.1. The van der Waals surface area contributed by atoms with Crippen LogP contribution in [-0.4, -0.2) is 74.7 Å². The van der Waals surface area contributed by atoms with Gasteiger partial charge in [-0.05, 0) is 32.0 Å². The number of nitrogens with zero attached hydrogens (tertiary/aromatic N) is 5. The molecule has 3 rings (SSSR count). The van der Waals surface area contributed by atoms with Crippen LogP contribution in [0.5, 0.6) is 0 Å². The molecule has 1 aliphatic rings. The van der Waals surface area contributed by atoms with Gasteiger partial charge in [-0.25, -0.2) is 4.68 Å². The molecule has 1 aliphatic heterocycles. The number of aliphatic hydroxyl groups is 1. The summed E-state index contributed by atoms with van der Waals surface area (Å²) in [5, 5.41) is 17.8. The van der Waals surface area contributed by atoms with E-state index in [1.165, 1.54) is 6.07 Å². The molecule has 35 heavy (non-hydrogen) atoms. The Bertz CT molecular complexity index is 968. The Kier molecular flexibility index (Phi) is 9.26. The Morgan fingerprint density at radius 2 is 2.11 bits per heavy atom. The summed E-state index contributed by atoms with van der Waals surface area (Å²) in [5.74, 6) is -0.141. The lowest BCUT2D eigenvalue weighted by Crippen LogP contribution is -2.47. The lowest BCUT2D eigenvalue weighted by Gasteiger charge is -2.35. The summed E-state index contributed by atoms with van der Waals surface area (Å²) in [6.07, 6.45) is -2.15. The molecule has 0 bridgehead atoms. The van der Waals surface area contributed by atoms with Crippen LogP contribution < -0.4 is 0 Å². The molecule has 2 aromatic rings. The van der Waals surface area contributed by atoms with Gasteiger partial charge in [0, 0.05) is 38.5 Å². The summed E-state index contributed by atoms with van der Waals surface area (Å²) >= 11 is 0. The zero-order valence-electron chi connectivity index (χ0n) is 20.4. The summed E-state index contributed by atoms with van der Waals surface area (Å²) in [6, 6.07) is 4.97. The average molecular weight is 498 g/mol. The lowest BCUT2D eigenvalue weighted by atomic mass is 10.0. The normalized spacial score (nSPS) is 21.4. The quantitative estimate of drug-likeness (QED) is 0.661. The van der Waals surface area contributed by atoms with Crippen molar-refractivity contribution in [3.8, 4) is 0 Å². The summed E-state index contributed by atoms with van der Waals surface area (Å²) in [6.45, 7) is 5.60. The number of carbonyl (C=O) groups excluding carboxylic acids is 1. The molecular weight excluding hydrogens is 463 g/mol. The van der Waals surface area contributed by atoms with Crippen molar-refractivity contribution in [2.75, 3.05) is 26.7 Å². The first-order valence-electron chi connectivity index (χ1n) is 11.8. The van der Waals surface area contributed by atoms with Crippen LogP contribution in [0.4, 0.5) is 13.2 Å². The minimum atomic E-state index is -4.39. The predicted molar refractivity (Wildman–Crippen MR) is 123 cm³/mol. The minimum Gasteiger partial charge on any atom is -0.394 e. The van der Waals surface area contributed by atoms with Gasteiger partial charge < -0.3 is 14.7 Å². The van der Waals surface area contributed by atoms with E-state index in [9.17, 15) is 23.1 Å². The maximum atomic E-state index is 13.1. The van der Waals surface area contributed by atoms with Crippen LogP contribution in [0.3, 0.4) is 0 Å². The van der Waals surface area contributed by atoms with Crippen LogP contribution in [0.2, 0.25) is 0 Å². The van der Waals surface area contributed by atoms with E-state index in [0.29, 0.717) is 44.6 Å². The minimum absolute atomic E-state index is 0.0447. The van der Waals surface area contributed by atoms with Crippen LogP contribution in [0.15, 0.2) is 30.5 Å². The highest BCUT2D eigenvalue weighted by Crippen LogP contribution is 2.30. The van der Waals surface area contributed by atoms with Crippen LogP contribution in [0.1, 0.15) is 43.5 Å². The fourth-order valence-corrected chi connectivity index (χ4v) is 4.28. The molecule has 1 amide bonds. The number of carbonyl (C=O) groups is 1. The fraction of sp³-hybridized carbons (Fsp3) is 0.625. The number of rotatable bonds is 6. The SMILES string of the molecule is C[C@H]1CN([C@@H](C)CO)C(=O)CCCn2nncc2CO[C@H]1CN(C)Cc1cccc(C(F)(F)F)c1. The summed E-state index contributed by atoms with van der Waals surface area (Å²) < 4.78 is 47.3. The molecule has 0 saturated heterocycles. The maximum Gasteiger partial charge on any atom is 0.416 e. The third-order valence-electron chi connectivity index (χ3n) is 6.34. The molecule has 0 unspecified atom stereocenters. The first-order chi connectivity index (χ1) is 16.6. The van der Waals surface area contributed by atoms with E-state index in [1.54, 1.807) is 21.8 Å². The molecule has 11 heteroatoms. The molecule has 3 atom stereocenters. The van der Waals surface area contributed by atoms with Gasteiger partial charge in [0.05, 0.1) is 42.8 Å². The molecule has 1 aromatic carbocycles. The van der Waals surface area contributed by atoms with Crippen molar-refractivity contribution in [3.05, 3.63) is 47.3 Å². The van der Waals surface area contributed by atoms with Crippen molar-refractivity contribution < 1.29 is 27.8 Å². The number of hydrogen-bond donors (Lipinski definition) is 1. The summed E-state index contributed by atoms with van der Waals surface area (Å²) in [7, 11) is 1.83. The Labute approximate surface area is 203 Å². The second-order valence-electron chi connectivity index (χ2n) is 9.35. The summed E-state index contributed by atoms with van der Waals surface area (Å²) in [4.78, 5) is 16.5. The molecule has 0 aliphatic carbocycles. The van der Waals surface area contributed by atoms with Gasteiger partial charge >= 0.3 is 6.18 Å². The molecule has 0 fully saturated rings. The standard InChI is InChI=1S/C24H34F3N5O3/c1-17-12-31(18(2)15-33)23(34)8-5-9-32-21(11-28-29-32)16-35-22(17)14-30(3)13-19-6-4-7-20(10-19)24(25,26)27/h4,6-7,10-11,17-18,22,33H,5,8-9,12-16H2,1-3H3/t17-,18-,22-/m0/s1. The Morgan fingerprint density at radius 1 is 1.34 bits per heavy atom. The molecule has 0 saturated carbocycles. The van der Waals surface area contributed by atoms with Gasteiger partial charge in [-0.15, -0.1) is 5.10 Å². The summed E-state index contributed by atoms with van der Waals surface area (Å²) in [5.41, 5.74) is 0.680. The van der Waals surface area contributed by atoms with Crippen molar-refractivity contribution in [2.45, 2.75) is 64.7 Å². The van der Waals surface area contributed by atoms with Gasteiger partial charge in [-0.1, -0.05) is 30.3 Å². The molecule has 0 radical (unpaired) electrons. The van der Waals surface area contributed by atoms with E-state index >= 15 is 0 Å². The number of aliphatic hydroxyl groups excluding tert-OH is 1. The van der Waals surface area contributed by atoms with E-state index < -0.39 is 11.7 Å². The zero-order chi connectivity index (χ0) is 25.6. The Balaban J connectivity index is 1.78. The van der Waals surface area contributed by atoms with Crippen LogP contribution in [-0.2, 0) is 35.4 Å². The van der Waals surface area contributed by atoms with E-state index in [0.717, 1.165) is 17.8 Å². The number of alkyl halides is 3. The predicted octanol–water partition coefficient (Wildman–Crippen LogP) is 2.95. The monoisotopic (exact) mass is 497 g/mol. The number of fused-ring (bicyclic) bond motifs is 1. The lowest BCUT2D eigenvalue weighted by molar-refractivity contribution is -0.138. The average Bonchev–Trinajstić information content (AvgIpc) is 3.25. The molecular formula is C24H34F3N5O3. The number of likely N-dealkylation sites (N-methyl/N-ethyl adjacent to an activating group) is 1. The van der Waals surface area contributed by atoms with Gasteiger partial charge in [0.2, 0.25) is 5.91 Å². The number of aromatic nitrogens is 3. The third kappa shape index (κ3) is 7.49. The van der Waals surface area contributed by atoms with E-state index in [4.69, 9.17) is 4.74 Å². The van der Waals surface area contributed by atoms with Gasteiger partial charge in [-0.2, -0.15) is 13.2 Å². The second-order valence-corrected chi connectivity index (χ2v) is 9.35. The largest absolute Gasteiger partial charge is 0.416 e. The molecule has 1 aromatic heterocycles. The van der Waals surface area contributed by atoms with E-state index in [1.807, 2.05) is 25.8 Å². The highest BCUT2D eigenvalue weighted by atomic mass is 19.4. The van der Waals surface area contributed by atoms with Crippen molar-refractivity contribution in [1.82, 2.24) is 24.8 Å². The first kappa shape index (κ1) is 27.1. The van der Waals surface area contributed by atoms with Crippen LogP contribution in [0.25, 0.3) is 0 Å². The molecule has 194 valence electrons. The zero-order valence-corrected chi connectivity index (χ0v) is 20.4. The molecule has 1 N–H and O–H groups in total. The van der Waals surface area contributed by atoms with E-state index in [2.05, 4.69) is 10.3 Å². The number of hydrogen-bond acceptors (Lipinski definition) is 6. The molecule has 8 nitrogen and oxygen atoms in total. The Morgan fingerprint density at radius 3 is 2.83 bits per heavy atom. The topological polar surface area (TPSA) is 83.7 Å². The highest BCUT2D eigenvalue weighted by molar-refractivity contribution is 5.76. The Hall–Kier alpha value is -2.50. The first-order valence-corrected chi connectivity index (χ1v) is 11.8. The van der Waals surface area contributed by atoms with Gasteiger partial charge in [-0.3, -0.25) is 9.69 Å². The third-order valence-corrected chi connectivity index (χ3v) is 6.34. The van der Waals surface area contributed by atoms with Gasteiger partial charge in [0.15, 0.2) is 0 Å². The molecule has 2 heterocycles. The second kappa shape index (κ2) is 12.0. The van der Waals surface area contributed by atoms with Crippen molar-refractivity contribution in [2.24, 2.45) is 5.92 Å². The van der Waals surface area contributed by atoms with Gasteiger partial charge in [0.25, 0.3) is 0 Å². The van der Waals surface area contributed by atoms with Crippen molar-refractivity contribution in [3.63, 3.8) is 0 Å². The smallest absolute Gasteiger partial charge is 0.394 e. The highest BCUT2D eigenvalue weighted by Gasteiger charge is 2.31. The number of amides is 1. The van der Waals surface area contributed by atoms with Crippen molar-refractivity contribution in [1.29, 1.82) is 0 Å². The van der Waals surface area contributed by atoms with E-state index in [-0.39, 0.29) is 37.2 Å². The van der Waals surface area contributed by atoms with Crippen LogP contribution in [0, 0.1) is 5.92 Å². The van der Waals surface area contributed by atoms with Crippen molar-refractivity contribution >= 4 is 5.91 Å². The number of aryl methyl sites for hydroxylation is 1. The van der Waals surface area contributed by atoms with Crippen LogP contribution >= 0.6 is 0 Å². The number of benzene rings is 1. The number of halogens is 3. The molecule has 0 spiro atoms. The fourth-order valence-electron chi connectivity index (χ4n) is 4.28.